The molecule has 0 saturated carbocycles. The van der Waals surface area contributed by atoms with Crippen LogP contribution >= 0.6 is 0 Å². The molecule has 0 aromatic carbocycles. The SMILES string of the molecule is C=C(C)CCCCO[SiH](C)C. The van der Waals surface area contributed by atoms with E-state index in [-0.39, 0.29) is 0 Å². The summed E-state index contributed by atoms with van der Waals surface area (Å²) in [5.41, 5.74) is 1.28. The van der Waals surface area contributed by atoms with E-state index in [1.165, 1.54) is 18.4 Å². The third-order valence-electron chi connectivity index (χ3n) is 1.45. The minimum Gasteiger partial charge on any atom is -0.421 e. The normalized spacial score (nSPS) is 10.5. The molecule has 0 bridgehead atoms. The Morgan fingerprint density at radius 3 is 2.45 bits per heavy atom. The van der Waals surface area contributed by atoms with E-state index in [9.17, 15) is 0 Å². The van der Waals surface area contributed by atoms with Gasteiger partial charge in [-0.25, -0.2) is 0 Å². The highest BCUT2D eigenvalue weighted by Crippen LogP contribution is 2.03. The lowest BCUT2D eigenvalue weighted by Crippen LogP contribution is -2.08. The molecule has 0 rings (SSSR count). The molecule has 0 N–H and O–H groups in total. The largest absolute Gasteiger partial charge is 0.421 e. The van der Waals surface area contributed by atoms with E-state index in [4.69, 9.17) is 4.43 Å². The lowest BCUT2D eigenvalue weighted by molar-refractivity contribution is 0.314. The summed E-state index contributed by atoms with van der Waals surface area (Å²) in [6, 6.07) is 0. The smallest absolute Gasteiger partial charge is 0.170 e. The molecule has 0 aliphatic rings. The first-order valence-electron chi connectivity index (χ1n) is 4.39. The zero-order valence-electron chi connectivity index (χ0n) is 8.02. The van der Waals surface area contributed by atoms with E-state index in [0.717, 1.165) is 13.0 Å². The van der Waals surface area contributed by atoms with Gasteiger partial charge in [0.15, 0.2) is 9.04 Å². The molecule has 0 amide bonds. The van der Waals surface area contributed by atoms with E-state index in [1.807, 2.05) is 0 Å². The van der Waals surface area contributed by atoms with Gasteiger partial charge in [-0.1, -0.05) is 5.57 Å². The van der Waals surface area contributed by atoms with Crippen LogP contribution in [0.1, 0.15) is 26.2 Å². The first-order valence-corrected chi connectivity index (χ1v) is 7.17. The first-order chi connectivity index (χ1) is 5.13. The van der Waals surface area contributed by atoms with Crippen molar-refractivity contribution in [2.24, 2.45) is 0 Å². The van der Waals surface area contributed by atoms with Crippen LogP contribution in [0.3, 0.4) is 0 Å². The molecule has 0 aliphatic carbocycles. The average molecular weight is 172 g/mol. The molecule has 0 aromatic rings. The fraction of sp³-hybridized carbons (Fsp3) is 0.778. The van der Waals surface area contributed by atoms with Crippen LogP contribution in [0.2, 0.25) is 13.1 Å². The van der Waals surface area contributed by atoms with Gasteiger partial charge in [0.05, 0.1) is 0 Å². The van der Waals surface area contributed by atoms with Crippen LogP contribution in [0.5, 0.6) is 0 Å². The second-order valence-corrected chi connectivity index (χ2v) is 5.76. The topological polar surface area (TPSA) is 9.23 Å². The summed E-state index contributed by atoms with van der Waals surface area (Å²) in [6.07, 6.45) is 3.58. The average Bonchev–Trinajstić information content (AvgIpc) is 1.85. The van der Waals surface area contributed by atoms with Crippen LogP contribution in [0, 0.1) is 0 Å². The van der Waals surface area contributed by atoms with Crippen molar-refractivity contribution >= 4 is 9.04 Å². The zero-order valence-corrected chi connectivity index (χ0v) is 9.18. The van der Waals surface area contributed by atoms with Crippen molar-refractivity contribution in [3.8, 4) is 0 Å². The Bertz CT molecular complexity index is 110. The Hall–Kier alpha value is -0.0831. The second-order valence-electron chi connectivity index (χ2n) is 3.33. The van der Waals surface area contributed by atoms with E-state index >= 15 is 0 Å². The van der Waals surface area contributed by atoms with Crippen molar-refractivity contribution in [3.63, 3.8) is 0 Å². The van der Waals surface area contributed by atoms with Crippen molar-refractivity contribution in [3.05, 3.63) is 12.2 Å². The summed E-state index contributed by atoms with van der Waals surface area (Å²) in [5, 5.41) is 0. The molecule has 0 aliphatic heterocycles. The van der Waals surface area contributed by atoms with Crippen molar-refractivity contribution in [1.82, 2.24) is 0 Å². The summed E-state index contributed by atoms with van der Waals surface area (Å²) >= 11 is 0. The summed E-state index contributed by atoms with van der Waals surface area (Å²) in [7, 11) is -0.760. The maximum Gasteiger partial charge on any atom is 0.170 e. The third kappa shape index (κ3) is 9.92. The predicted molar refractivity (Wildman–Crippen MR) is 53.5 cm³/mol. The molecule has 0 radical (unpaired) electrons. The van der Waals surface area contributed by atoms with Gasteiger partial charge in [-0.05, 0) is 39.3 Å². The number of hydrogen-bond acceptors (Lipinski definition) is 1. The van der Waals surface area contributed by atoms with Gasteiger partial charge >= 0.3 is 0 Å². The van der Waals surface area contributed by atoms with E-state index < -0.39 is 9.04 Å². The summed E-state index contributed by atoms with van der Waals surface area (Å²) in [4.78, 5) is 0. The Kier molecular flexibility index (Phi) is 6.57. The summed E-state index contributed by atoms with van der Waals surface area (Å²) in [5.74, 6) is 0. The van der Waals surface area contributed by atoms with Crippen LogP contribution in [0.25, 0.3) is 0 Å². The molecule has 2 heteroatoms. The number of hydrogen-bond donors (Lipinski definition) is 0. The molecule has 0 unspecified atom stereocenters. The summed E-state index contributed by atoms with van der Waals surface area (Å²) < 4.78 is 5.53. The van der Waals surface area contributed by atoms with Crippen LogP contribution in [0.15, 0.2) is 12.2 Å². The molecule has 0 fully saturated rings. The Labute approximate surface area is 72.2 Å². The first kappa shape index (κ1) is 10.9. The molecule has 0 saturated heterocycles. The van der Waals surface area contributed by atoms with Gasteiger partial charge in [0.25, 0.3) is 0 Å². The second kappa shape index (κ2) is 6.62. The molecular formula is C9H20OSi. The highest BCUT2D eigenvalue weighted by molar-refractivity contribution is 6.48. The number of unbranched alkanes of at least 4 members (excludes halogenated alkanes) is 1. The summed E-state index contributed by atoms with van der Waals surface area (Å²) in [6.45, 7) is 11.3. The maximum absolute atomic E-state index is 5.53. The Morgan fingerprint density at radius 1 is 1.36 bits per heavy atom. The standard InChI is InChI=1S/C9H20OSi/c1-9(2)7-5-6-8-10-11(3)4/h11H,1,5-8H2,2-4H3. The van der Waals surface area contributed by atoms with Crippen LogP contribution in [-0.4, -0.2) is 15.6 Å². The quantitative estimate of drug-likeness (QED) is 0.340. The number of allylic oxidation sites excluding steroid dienone is 1. The molecule has 11 heavy (non-hydrogen) atoms. The highest BCUT2D eigenvalue weighted by atomic mass is 28.3. The molecule has 0 spiro atoms. The van der Waals surface area contributed by atoms with E-state index in [1.54, 1.807) is 0 Å². The fourth-order valence-electron chi connectivity index (χ4n) is 0.848. The van der Waals surface area contributed by atoms with Gasteiger partial charge in [0.1, 0.15) is 0 Å². The van der Waals surface area contributed by atoms with Crippen LogP contribution < -0.4 is 0 Å². The Balaban J connectivity index is 2.97. The predicted octanol–water partition coefficient (Wildman–Crippen LogP) is 2.73. The van der Waals surface area contributed by atoms with Gasteiger partial charge in [0, 0.05) is 6.61 Å². The maximum atomic E-state index is 5.53. The monoisotopic (exact) mass is 172 g/mol. The van der Waals surface area contributed by atoms with Crippen molar-refractivity contribution in [2.45, 2.75) is 39.3 Å². The van der Waals surface area contributed by atoms with Gasteiger partial charge < -0.3 is 4.43 Å². The minimum absolute atomic E-state index is 0.760. The van der Waals surface area contributed by atoms with Crippen molar-refractivity contribution in [2.75, 3.05) is 6.61 Å². The van der Waals surface area contributed by atoms with Crippen molar-refractivity contribution < 1.29 is 4.43 Å². The van der Waals surface area contributed by atoms with Crippen molar-refractivity contribution in [1.29, 1.82) is 0 Å². The molecule has 1 nitrogen and oxygen atoms in total. The lowest BCUT2D eigenvalue weighted by atomic mass is 10.1. The van der Waals surface area contributed by atoms with E-state index in [2.05, 4.69) is 26.6 Å². The minimum atomic E-state index is -0.760. The lowest BCUT2D eigenvalue weighted by Gasteiger charge is -2.05. The van der Waals surface area contributed by atoms with E-state index in [0.29, 0.717) is 0 Å². The highest BCUT2D eigenvalue weighted by Gasteiger charge is 1.94. The Morgan fingerprint density at radius 2 is 2.00 bits per heavy atom. The van der Waals surface area contributed by atoms with Crippen LogP contribution in [0.4, 0.5) is 0 Å². The zero-order chi connectivity index (χ0) is 8.69. The van der Waals surface area contributed by atoms with Gasteiger partial charge in [-0.15, -0.1) is 6.58 Å². The molecule has 0 heterocycles. The third-order valence-corrected chi connectivity index (χ3v) is 2.35. The van der Waals surface area contributed by atoms with Gasteiger partial charge in [0.2, 0.25) is 0 Å². The molecular weight excluding hydrogens is 152 g/mol. The fourth-order valence-corrected chi connectivity index (χ4v) is 1.49. The van der Waals surface area contributed by atoms with Gasteiger partial charge in [-0.3, -0.25) is 0 Å². The molecule has 0 atom stereocenters. The molecule has 0 aromatic heterocycles. The van der Waals surface area contributed by atoms with Crippen LogP contribution in [-0.2, 0) is 4.43 Å². The molecule has 66 valence electrons. The van der Waals surface area contributed by atoms with Gasteiger partial charge in [-0.2, -0.15) is 0 Å². The number of rotatable bonds is 6.